The van der Waals surface area contributed by atoms with Crippen LogP contribution in [-0.4, -0.2) is 52.9 Å². The van der Waals surface area contributed by atoms with Crippen molar-refractivity contribution in [3.05, 3.63) is 16.1 Å². The largest absolute Gasteiger partial charge is 0.339 e. The van der Waals surface area contributed by atoms with Gasteiger partial charge in [0.05, 0.1) is 11.0 Å². The summed E-state index contributed by atoms with van der Waals surface area (Å²) < 4.78 is 0. The summed E-state index contributed by atoms with van der Waals surface area (Å²) in [5.74, 6) is 0.0586. The molecule has 0 spiro atoms. The Bertz CT molecular complexity index is 410. The zero-order chi connectivity index (χ0) is 13.1. The number of aryl methyl sites for hydroxylation is 1. The van der Waals surface area contributed by atoms with Crippen LogP contribution in [0.2, 0.25) is 0 Å². The van der Waals surface area contributed by atoms with E-state index in [-0.39, 0.29) is 11.9 Å². The molecular weight excluding hydrogens is 248 g/mol. The van der Waals surface area contributed by atoms with E-state index in [1.807, 2.05) is 18.0 Å². The molecule has 0 bridgehead atoms. The smallest absolute Gasteiger partial charge is 0.239 e. The summed E-state index contributed by atoms with van der Waals surface area (Å²) in [6, 6.07) is -0.388. The van der Waals surface area contributed by atoms with Gasteiger partial charge in [-0.1, -0.05) is 0 Å². The van der Waals surface area contributed by atoms with Crippen molar-refractivity contribution in [2.45, 2.75) is 26.4 Å². The van der Waals surface area contributed by atoms with Gasteiger partial charge in [0.25, 0.3) is 0 Å². The van der Waals surface area contributed by atoms with Crippen molar-refractivity contribution in [3.63, 3.8) is 0 Å². The molecule has 6 heteroatoms. The number of hydrogen-bond donors (Lipinski definition) is 1. The Kier molecular flexibility index (Phi) is 4.31. The van der Waals surface area contributed by atoms with E-state index in [9.17, 15) is 4.79 Å². The highest BCUT2D eigenvalue weighted by molar-refractivity contribution is 7.11. The number of carbonyl (C=O) groups excluding carboxylic acids is 1. The molecule has 0 radical (unpaired) electrons. The van der Waals surface area contributed by atoms with Crippen LogP contribution in [0.15, 0.2) is 6.20 Å². The number of rotatable bonds is 3. The van der Waals surface area contributed by atoms with Crippen LogP contribution in [0.1, 0.15) is 16.8 Å². The number of amides is 1. The number of nitrogens with two attached hydrogens (primary N) is 1. The lowest BCUT2D eigenvalue weighted by Crippen LogP contribution is -2.52. The summed E-state index contributed by atoms with van der Waals surface area (Å²) in [7, 11) is 0. The standard InChI is InChI=1S/C12H20N4OS/c1-9(13)12(17)16-5-3-15(4-6-16)8-11-7-14-10(2)18-11/h7,9H,3-6,8,13H2,1-2H3/t9-/m1/s1. The van der Waals surface area contributed by atoms with E-state index < -0.39 is 0 Å². The number of nitrogens with zero attached hydrogens (tertiary/aromatic N) is 3. The predicted molar refractivity (Wildman–Crippen MR) is 72.4 cm³/mol. The predicted octanol–water partition coefficient (Wildman–Crippen LogP) is 0.443. The molecule has 1 fully saturated rings. The first kappa shape index (κ1) is 13.5. The normalized spacial score (nSPS) is 18.9. The molecule has 1 aromatic heterocycles. The zero-order valence-electron chi connectivity index (χ0n) is 10.9. The maximum atomic E-state index is 11.7. The molecule has 0 aromatic carbocycles. The molecular formula is C12H20N4OS. The second kappa shape index (κ2) is 5.77. The third-order valence-corrected chi connectivity index (χ3v) is 4.02. The highest BCUT2D eigenvalue weighted by Crippen LogP contribution is 2.15. The molecule has 2 heterocycles. The Hall–Kier alpha value is -0.980. The minimum Gasteiger partial charge on any atom is -0.339 e. The summed E-state index contributed by atoms with van der Waals surface area (Å²) in [4.78, 5) is 21.5. The highest BCUT2D eigenvalue weighted by Gasteiger charge is 2.23. The monoisotopic (exact) mass is 268 g/mol. The van der Waals surface area contributed by atoms with Crippen molar-refractivity contribution in [2.24, 2.45) is 5.73 Å². The van der Waals surface area contributed by atoms with Crippen LogP contribution in [0.4, 0.5) is 0 Å². The number of hydrogen-bond acceptors (Lipinski definition) is 5. The fraction of sp³-hybridized carbons (Fsp3) is 0.667. The second-order valence-corrected chi connectivity index (χ2v) is 6.06. The maximum absolute atomic E-state index is 11.7. The van der Waals surface area contributed by atoms with Gasteiger partial charge in [0.15, 0.2) is 0 Å². The molecule has 0 unspecified atom stereocenters. The van der Waals surface area contributed by atoms with Gasteiger partial charge in [-0.15, -0.1) is 11.3 Å². The van der Waals surface area contributed by atoms with Crippen LogP contribution in [-0.2, 0) is 11.3 Å². The molecule has 18 heavy (non-hydrogen) atoms. The molecule has 1 saturated heterocycles. The second-order valence-electron chi connectivity index (χ2n) is 4.74. The average Bonchev–Trinajstić information content (AvgIpc) is 2.75. The van der Waals surface area contributed by atoms with Gasteiger partial charge < -0.3 is 10.6 Å². The van der Waals surface area contributed by atoms with Crippen molar-refractivity contribution in [1.29, 1.82) is 0 Å². The lowest BCUT2D eigenvalue weighted by molar-refractivity contribution is -0.134. The van der Waals surface area contributed by atoms with Gasteiger partial charge in [0.1, 0.15) is 0 Å². The van der Waals surface area contributed by atoms with Crippen LogP contribution in [0, 0.1) is 6.92 Å². The van der Waals surface area contributed by atoms with E-state index >= 15 is 0 Å². The van der Waals surface area contributed by atoms with E-state index in [1.165, 1.54) is 4.88 Å². The van der Waals surface area contributed by atoms with Crippen molar-refractivity contribution in [2.75, 3.05) is 26.2 Å². The van der Waals surface area contributed by atoms with Gasteiger partial charge in [-0.2, -0.15) is 0 Å². The van der Waals surface area contributed by atoms with Gasteiger partial charge in [0.2, 0.25) is 5.91 Å². The van der Waals surface area contributed by atoms with Crippen LogP contribution in [0.25, 0.3) is 0 Å². The summed E-state index contributed by atoms with van der Waals surface area (Å²) >= 11 is 1.74. The number of carbonyl (C=O) groups is 1. The molecule has 100 valence electrons. The van der Waals surface area contributed by atoms with Gasteiger partial charge in [-0.3, -0.25) is 9.69 Å². The van der Waals surface area contributed by atoms with Gasteiger partial charge >= 0.3 is 0 Å². The van der Waals surface area contributed by atoms with E-state index in [0.29, 0.717) is 0 Å². The van der Waals surface area contributed by atoms with E-state index in [1.54, 1.807) is 18.3 Å². The summed E-state index contributed by atoms with van der Waals surface area (Å²) in [6.45, 7) is 8.08. The third kappa shape index (κ3) is 3.28. The summed E-state index contributed by atoms with van der Waals surface area (Å²) in [5.41, 5.74) is 5.62. The van der Waals surface area contributed by atoms with Crippen molar-refractivity contribution < 1.29 is 4.79 Å². The number of piperazine rings is 1. The number of aromatic nitrogens is 1. The Balaban J connectivity index is 1.82. The Labute approximate surface area is 112 Å². The molecule has 1 atom stereocenters. The molecule has 1 aliphatic heterocycles. The van der Waals surface area contributed by atoms with E-state index in [2.05, 4.69) is 9.88 Å². The van der Waals surface area contributed by atoms with Crippen LogP contribution in [0.5, 0.6) is 0 Å². The van der Waals surface area contributed by atoms with Crippen LogP contribution < -0.4 is 5.73 Å². The first-order chi connectivity index (χ1) is 8.56. The zero-order valence-corrected chi connectivity index (χ0v) is 11.7. The molecule has 5 nitrogen and oxygen atoms in total. The summed E-state index contributed by atoms with van der Waals surface area (Å²) in [6.07, 6.45) is 1.94. The molecule has 2 rings (SSSR count). The Morgan fingerprint density at radius 2 is 2.17 bits per heavy atom. The third-order valence-electron chi connectivity index (χ3n) is 3.12. The fourth-order valence-electron chi connectivity index (χ4n) is 2.11. The maximum Gasteiger partial charge on any atom is 0.239 e. The topological polar surface area (TPSA) is 62.5 Å². The molecule has 1 amide bonds. The van der Waals surface area contributed by atoms with E-state index in [4.69, 9.17) is 5.73 Å². The van der Waals surface area contributed by atoms with Crippen molar-refractivity contribution in [1.82, 2.24) is 14.8 Å². The van der Waals surface area contributed by atoms with E-state index in [0.717, 1.165) is 37.7 Å². The first-order valence-corrected chi connectivity index (χ1v) is 7.06. The van der Waals surface area contributed by atoms with Crippen molar-refractivity contribution >= 4 is 17.2 Å². The molecule has 0 aliphatic carbocycles. The van der Waals surface area contributed by atoms with Crippen LogP contribution in [0.3, 0.4) is 0 Å². The lowest BCUT2D eigenvalue weighted by Gasteiger charge is -2.35. The minimum absolute atomic E-state index is 0.0586. The summed E-state index contributed by atoms with van der Waals surface area (Å²) in [5, 5.41) is 1.11. The minimum atomic E-state index is -0.388. The quantitative estimate of drug-likeness (QED) is 0.864. The SMILES string of the molecule is Cc1ncc(CN2CCN(C(=O)[C@@H](C)N)CC2)s1. The highest BCUT2D eigenvalue weighted by atomic mass is 32.1. The Morgan fingerprint density at radius 1 is 1.50 bits per heavy atom. The van der Waals surface area contributed by atoms with Crippen LogP contribution >= 0.6 is 11.3 Å². The Morgan fingerprint density at radius 3 is 2.67 bits per heavy atom. The van der Waals surface area contributed by atoms with Crippen molar-refractivity contribution in [3.8, 4) is 0 Å². The van der Waals surface area contributed by atoms with Gasteiger partial charge in [-0.25, -0.2) is 4.98 Å². The molecule has 1 aliphatic rings. The number of thiazole rings is 1. The average molecular weight is 268 g/mol. The molecule has 2 N–H and O–H groups in total. The molecule has 1 aromatic rings. The lowest BCUT2D eigenvalue weighted by atomic mass is 10.2. The fourth-order valence-corrected chi connectivity index (χ4v) is 2.95. The van der Waals surface area contributed by atoms with Gasteiger partial charge in [-0.05, 0) is 13.8 Å². The first-order valence-electron chi connectivity index (χ1n) is 6.24. The van der Waals surface area contributed by atoms with Gasteiger partial charge in [0, 0.05) is 43.8 Å². The molecule has 0 saturated carbocycles.